The van der Waals surface area contributed by atoms with E-state index in [9.17, 15) is 0 Å². The first-order valence-electron chi connectivity index (χ1n) is 10.6. The standard InChI is InChI=1S/C23H38N6.HI/c1-17(2)28(18(3)4)14-13-25-23(24-7)26-15-22-19(5)27-29(20(22)6)16-21-11-9-8-10-12-21;/h8-12,17-18H,13-16H2,1-7H3,(H2,24,25,26);1H. The van der Waals surface area contributed by atoms with E-state index in [0.717, 1.165) is 31.3 Å². The molecule has 0 aliphatic heterocycles. The van der Waals surface area contributed by atoms with Crippen LogP contribution in [0.5, 0.6) is 0 Å². The Labute approximate surface area is 199 Å². The van der Waals surface area contributed by atoms with E-state index in [4.69, 9.17) is 5.10 Å². The van der Waals surface area contributed by atoms with Crippen molar-refractivity contribution in [3.8, 4) is 0 Å². The van der Waals surface area contributed by atoms with Crippen LogP contribution < -0.4 is 10.6 Å². The molecule has 0 radical (unpaired) electrons. The second-order valence-electron chi connectivity index (χ2n) is 8.07. The zero-order chi connectivity index (χ0) is 21.4. The van der Waals surface area contributed by atoms with Gasteiger partial charge in [0.1, 0.15) is 0 Å². The predicted molar refractivity (Wildman–Crippen MR) is 138 cm³/mol. The van der Waals surface area contributed by atoms with Crippen molar-refractivity contribution in [3.05, 3.63) is 52.8 Å². The van der Waals surface area contributed by atoms with Crippen LogP contribution in [-0.2, 0) is 13.1 Å². The number of aromatic nitrogens is 2. The van der Waals surface area contributed by atoms with Crippen molar-refractivity contribution >= 4 is 29.9 Å². The van der Waals surface area contributed by atoms with Gasteiger partial charge in [-0.15, -0.1) is 24.0 Å². The molecule has 1 aromatic heterocycles. The fraction of sp³-hybridized carbons (Fsp3) is 0.565. The van der Waals surface area contributed by atoms with E-state index < -0.39 is 0 Å². The van der Waals surface area contributed by atoms with E-state index in [0.29, 0.717) is 18.6 Å². The van der Waals surface area contributed by atoms with E-state index in [1.807, 2.05) is 13.1 Å². The second kappa shape index (κ2) is 12.9. The van der Waals surface area contributed by atoms with Gasteiger partial charge in [-0.3, -0.25) is 14.6 Å². The van der Waals surface area contributed by atoms with Gasteiger partial charge in [0.2, 0.25) is 0 Å². The highest BCUT2D eigenvalue weighted by Crippen LogP contribution is 2.14. The van der Waals surface area contributed by atoms with E-state index in [1.54, 1.807) is 0 Å². The minimum Gasteiger partial charge on any atom is -0.355 e. The summed E-state index contributed by atoms with van der Waals surface area (Å²) >= 11 is 0. The first kappa shape index (κ1) is 26.4. The van der Waals surface area contributed by atoms with Crippen molar-refractivity contribution in [2.24, 2.45) is 4.99 Å². The number of hydrogen-bond acceptors (Lipinski definition) is 3. The third kappa shape index (κ3) is 7.58. The summed E-state index contributed by atoms with van der Waals surface area (Å²) in [5.41, 5.74) is 4.75. The highest BCUT2D eigenvalue weighted by molar-refractivity contribution is 14.0. The normalized spacial score (nSPS) is 11.9. The van der Waals surface area contributed by atoms with Crippen LogP contribution in [0.1, 0.15) is 50.2 Å². The van der Waals surface area contributed by atoms with Crippen LogP contribution in [0.15, 0.2) is 35.3 Å². The molecule has 7 heteroatoms. The average Bonchev–Trinajstić information content (AvgIpc) is 2.94. The topological polar surface area (TPSA) is 57.5 Å². The van der Waals surface area contributed by atoms with Gasteiger partial charge in [-0.2, -0.15) is 5.10 Å². The Balaban J connectivity index is 0.00000450. The second-order valence-corrected chi connectivity index (χ2v) is 8.07. The molecule has 0 unspecified atom stereocenters. The fourth-order valence-corrected chi connectivity index (χ4v) is 3.71. The molecular weight excluding hydrogens is 487 g/mol. The predicted octanol–water partition coefficient (Wildman–Crippen LogP) is 3.95. The Hall–Kier alpha value is -1.61. The molecule has 2 rings (SSSR count). The summed E-state index contributed by atoms with van der Waals surface area (Å²) in [5, 5.41) is 11.6. The Bertz CT molecular complexity index is 774. The van der Waals surface area contributed by atoms with Crippen LogP contribution in [0.25, 0.3) is 0 Å². The van der Waals surface area contributed by atoms with Crippen LogP contribution in [0.2, 0.25) is 0 Å². The van der Waals surface area contributed by atoms with Crippen LogP contribution in [-0.4, -0.2) is 52.9 Å². The number of halogens is 1. The molecule has 0 fully saturated rings. The summed E-state index contributed by atoms with van der Waals surface area (Å²) in [4.78, 5) is 6.85. The van der Waals surface area contributed by atoms with Crippen molar-refractivity contribution in [1.82, 2.24) is 25.3 Å². The molecule has 0 bridgehead atoms. The van der Waals surface area contributed by atoms with Gasteiger partial charge in [0, 0.05) is 50.0 Å². The van der Waals surface area contributed by atoms with E-state index >= 15 is 0 Å². The molecule has 0 saturated heterocycles. The van der Waals surface area contributed by atoms with E-state index in [1.165, 1.54) is 16.8 Å². The van der Waals surface area contributed by atoms with Gasteiger partial charge in [0.15, 0.2) is 5.96 Å². The number of guanidine groups is 1. The third-order valence-electron chi connectivity index (χ3n) is 5.35. The van der Waals surface area contributed by atoms with Crippen molar-refractivity contribution < 1.29 is 0 Å². The number of rotatable bonds is 9. The molecule has 0 atom stereocenters. The van der Waals surface area contributed by atoms with Gasteiger partial charge in [-0.05, 0) is 47.1 Å². The molecular formula is C23H39IN6. The molecule has 1 aromatic carbocycles. The van der Waals surface area contributed by atoms with Gasteiger partial charge >= 0.3 is 0 Å². The number of aryl methyl sites for hydroxylation is 1. The Morgan fingerprint density at radius 3 is 2.27 bits per heavy atom. The summed E-state index contributed by atoms with van der Waals surface area (Å²) < 4.78 is 2.08. The Morgan fingerprint density at radius 2 is 1.70 bits per heavy atom. The summed E-state index contributed by atoms with van der Waals surface area (Å²) in [6.07, 6.45) is 0. The van der Waals surface area contributed by atoms with Crippen molar-refractivity contribution in [3.63, 3.8) is 0 Å². The number of aliphatic imine (C=N–C) groups is 1. The van der Waals surface area contributed by atoms with E-state index in [2.05, 4.69) is 91.0 Å². The zero-order valence-electron chi connectivity index (χ0n) is 19.6. The van der Waals surface area contributed by atoms with E-state index in [-0.39, 0.29) is 24.0 Å². The number of nitrogens with one attached hydrogen (secondary N) is 2. The lowest BCUT2D eigenvalue weighted by Gasteiger charge is -2.30. The monoisotopic (exact) mass is 526 g/mol. The SMILES string of the molecule is CN=C(NCCN(C(C)C)C(C)C)NCc1c(C)nn(Cc2ccccc2)c1C.I. The molecule has 0 amide bonds. The Morgan fingerprint density at radius 1 is 1.07 bits per heavy atom. The van der Waals surface area contributed by atoms with Gasteiger partial charge in [-0.25, -0.2) is 0 Å². The highest BCUT2D eigenvalue weighted by atomic mass is 127. The van der Waals surface area contributed by atoms with Gasteiger partial charge in [0.25, 0.3) is 0 Å². The quantitative estimate of drug-likeness (QED) is 0.295. The lowest BCUT2D eigenvalue weighted by atomic mass is 10.2. The average molecular weight is 527 g/mol. The number of benzene rings is 1. The summed E-state index contributed by atoms with van der Waals surface area (Å²) in [7, 11) is 1.82. The number of hydrogen-bond donors (Lipinski definition) is 2. The smallest absolute Gasteiger partial charge is 0.191 e. The van der Waals surface area contributed by atoms with Crippen LogP contribution >= 0.6 is 24.0 Å². The van der Waals surface area contributed by atoms with Crippen molar-refractivity contribution in [2.45, 2.75) is 66.7 Å². The first-order chi connectivity index (χ1) is 13.8. The molecule has 0 aliphatic carbocycles. The maximum absolute atomic E-state index is 4.74. The van der Waals surface area contributed by atoms with Crippen molar-refractivity contribution in [1.29, 1.82) is 0 Å². The molecule has 0 saturated carbocycles. The minimum absolute atomic E-state index is 0. The molecule has 6 nitrogen and oxygen atoms in total. The molecule has 2 aromatic rings. The van der Waals surface area contributed by atoms with Crippen molar-refractivity contribution in [2.75, 3.05) is 20.1 Å². The summed E-state index contributed by atoms with van der Waals surface area (Å²) in [6.45, 7) is 16.5. The Kier molecular flexibility index (Phi) is 11.4. The van der Waals surface area contributed by atoms with Gasteiger partial charge < -0.3 is 10.6 Å². The minimum atomic E-state index is 0. The zero-order valence-corrected chi connectivity index (χ0v) is 21.9. The summed E-state index contributed by atoms with van der Waals surface area (Å²) in [6, 6.07) is 11.5. The fourth-order valence-electron chi connectivity index (χ4n) is 3.71. The third-order valence-corrected chi connectivity index (χ3v) is 5.35. The first-order valence-corrected chi connectivity index (χ1v) is 10.6. The molecule has 168 valence electrons. The number of nitrogens with zero attached hydrogens (tertiary/aromatic N) is 4. The van der Waals surface area contributed by atoms with Gasteiger partial charge in [-0.1, -0.05) is 30.3 Å². The lowest BCUT2D eigenvalue weighted by molar-refractivity contribution is 0.178. The van der Waals surface area contributed by atoms with Gasteiger partial charge in [0.05, 0.1) is 12.2 Å². The summed E-state index contributed by atoms with van der Waals surface area (Å²) in [5.74, 6) is 0.826. The van der Waals surface area contributed by atoms with Crippen LogP contribution in [0.4, 0.5) is 0 Å². The maximum atomic E-state index is 4.74. The maximum Gasteiger partial charge on any atom is 0.191 e. The molecule has 2 N–H and O–H groups in total. The van der Waals surface area contributed by atoms with Crippen LogP contribution in [0, 0.1) is 13.8 Å². The largest absolute Gasteiger partial charge is 0.355 e. The van der Waals surface area contributed by atoms with Crippen LogP contribution in [0.3, 0.4) is 0 Å². The molecule has 1 heterocycles. The highest BCUT2D eigenvalue weighted by Gasteiger charge is 2.14. The molecule has 0 aliphatic rings. The molecule has 30 heavy (non-hydrogen) atoms. The lowest BCUT2D eigenvalue weighted by Crippen LogP contribution is -2.45. The molecule has 0 spiro atoms.